The van der Waals surface area contributed by atoms with Gasteiger partial charge in [0.2, 0.25) is 10.0 Å². The molecule has 2 aromatic rings. The fraction of sp³-hybridized carbons (Fsp3) is 0.350. The second-order valence-electron chi connectivity index (χ2n) is 7.00. The number of benzene rings is 2. The molecule has 1 aliphatic heterocycles. The summed E-state index contributed by atoms with van der Waals surface area (Å²) in [6.07, 6.45) is -0.459. The van der Waals surface area contributed by atoms with E-state index >= 15 is 0 Å². The Morgan fingerprint density at radius 1 is 1.03 bits per heavy atom. The van der Waals surface area contributed by atoms with Crippen molar-refractivity contribution in [2.24, 2.45) is 0 Å². The van der Waals surface area contributed by atoms with Crippen LogP contribution in [0.1, 0.15) is 19.4 Å². The zero-order valence-corrected chi connectivity index (χ0v) is 16.8. The molecule has 1 amide bonds. The minimum absolute atomic E-state index is 0.0200. The summed E-state index contributed by atoms with van der Waals surface area (Å²) in [5.74, 6) is -5.21. The highest BCUT2D eigenvalue weighted by atomic mass is 32.2. The number of ether oxygens (including phenoxy) is 1. The number of carbonyl (C=O) groups is 1. The van der Waals surface area contributed by atoms with Crippen molar-refractivity contribution >= 4 is 21.6 Å². The Bertz CT molecular complexity index is 956. The lowest BCUT2D eigenvalue weighted by atomic mass is 10.1. The van der Waals surface area contributed by atoms with Gasteiger partial charge in [0.1, 0.15) is 0 Å². The number of amides is 1. The van der Waals surface area contributed by atoms with Crippen LogP contribution in [-0.4, -0.2) is 43.9 Å². The van der Waals surface area contributed by atoms with E-state index in [9.17, 15) is 22.0 Å². The number of anilines is 1. The first kappa shape index (κ1) is 21.4. The van der Waals surface area contributed by atoms with E-state index in [1.54, 1.807) is 19.9 Å². The minimum atomic E-state index is -3.75. The van der Waals surface area contributed by atoms with Crippen molar-refractivity contribution in [1.29, 1.82) is 0 Å². The molecule has 3 rings (SSSR count). The van der Waals surface area contributed by atoms with Gasteiger partial charge in [0.05, 0.1) is 17.1 Å². The molecule has 0 aliphatic carbocycles. The van der Waals surface area contributed by atoms with Crippen LogP contribution in [0.5, 0.6) is 0 Å². The van der Waals surface area contributed by atoms with Gasteiger partial charge >= 0.3 is 5.92 Å². The summed E-state index contributed by atoms with van der Waals surface area (Å²) in [5.41, 5.74) is -0.347. The average molecular weight is 424 g/mol. The number of halogens is 2. The number of rotatable bonds is 5. The zero-order chi connectivity index (χ0) is 21.2. The number of carbonyl (C=O) groups excluding carboxylic acids is 1. The van der Waals surface area contributed by atoms with Gasteiger partial charge in [0.25, 0.3) is 5.91 Å². The normalized spacial score (nSPS) is 21.0. The second kappa shape index (κ2) is 8.17. The number of morpholine rings is 1. The summed E-state index contributed by atoms with van der Waals surface area (Å²) in [6, 6.07) is 11.9. The number of sulfonamides is 1. The Morgan fingerprint density at radius 2 is 1.59 bits per heavy atom. The van der Waals surface area contributed by atoms with Crippen LogP contribution >= 0.6 is 0 Å². The highest BCUT2D eigenvalue weighted by molar-refractivity contribution is 7.89. The molecule has 1 heterocycles. The first-order valence-corrected chi connectivity index (χ1v) is 10.5. The summed E-state index contributed by atoms with van der Waals surface area (Å²) in [7, 11) is -3.75. The molecule has 2 atom stereocenters. The van der Waals surface area contributed by atoms with E-state index in [1.807, 2.05) is 0 Å². The summed E-state index contributed by atoms with van der Waals surface area (Å²) >= 11 is 0. The van der Waals surface area contributed by atoms with Crippen molar-refractivity contribution in [2.45, 2.75) is 36.9 Å². The molecule has 0 spiro atoms. The van der Waals surface area contributed by atoms with Crippen molar-refractivity contribution in [2.75, 3.05) is 18.4 Å². The smallest absolute Gasteiger partial charge is 0.350 e. The molecule has 1 N–H and O–H groups in total. The SMILES string of the molecule is C[C@H]1CN(S(=O)(=O)c2ccc(NC(=O)C(F)(F)c3ccccc3)cc2)C[C@H](C)O1. The highest BCUT2D eigenvalue weighted by Crippen LogP contribution is 2.30. The van der Waals surface area contributed by atoms with Gasteiger partial charge in [0, 0.05) is 24.3 Å². The molecule has 1 fully saturated rings. The Kier molecular flexibility index (Phi) is 6.02. The molecule has 0 radical (unpaired) electrons. The van der Waals surface area contributed by atoms with Crippen LogP contribution in [-0.2, 0) is 25.5 Å². The third-order valence-corrected chi connectivity index (χ3v) is 6.40. The quantitative estimate of drug-likeness (QED) is 0.800. The molecule has 0 saturated carbocycles. The van der Waals surface area contributed by atoms with Gasteiger partial charge in [-0.3, -0.25) is 4.79 Å². The minimum Gasteiger partial charge on any atom is -0.373 e. The van der Waals surface area contributed by atoms with E-state index in [0.29, 0.717) is 0 Å². The van der Waals surface area contributed by atoms with Gasteiger partial charge < -0.3 is 10.1 Å². The summed E-state index contributed by atoms with van der Waals surface area (Å²) in [5, 5.41) is 2.14. The Hall–Kier alpha value is -2.36. The maximum absolute atomic E-state index is 14.3. The van der Waals surface area contributed by atoms with Gasteiger partial charge in [-0.15, -0.1) is 0 Å². The van der Waals surface area contributed by atoms with Crippen LogP contribution in [0.4, 0.5) is 14.5 Å². The van der Waals surface area contributed by atoms with E-state index in [1.165, 1.54) is 52.8 Å². The Labute approximate surface area is 168 Å². The molecule has 1 aliphatic rings. The van der Waals surface area contributed by atoms with Crippen molar-refractivity contribution in [3.63, 3.8) is 0 Å². The molecule has 6 nitrogen and oxygen atoms in total. The van der Waals surface area contributed by atoms with Crippen LogP contribution < -0.4 is 5.32 Å². The van der Waals surface area contributed by atoms with E-state index in [-0.39, 0.29) is 35.9 Å². The zero-order valence-electron chi connectivity index (χ0n) is 16.0. The number of hydrogen-bond acceptors (Lipinski definition) is 4. The Morgan fingerprint density at radius 3 is 2.14 bits per heavy atom. The van der Waals surface area contributed by atoms with Crippen molar-refractivity contribution in [3.8, 4) is 0 Å². The number of nitrogens with one attached hydrogen (secondary N) is 1. The third kappa shape index (κ3) is 4.63. The number of hydrogen-bond donors (Lipinski definition) is 1. The molecule has 29 heavy (non-hydrogen) atoms. The van der Waals surface area contributed by atoms with Crippen LogP contribution in [0.2, 0.25) is 0 Å². The molecule has 2 aromatic carbocycles. The fourth-order valence-electron chi connectivity index (χ4n) is 3.17. The average Bonchev–Trinajstić information content (AvgIpc) is 2.68. The van der Waals surface area contributed by atoms with Crippen molar-refractivity contribution < 1.29 is 26.7 Å². The van der Waals surface area contributed by atoms with Crippen LogP contribution in [0.15, 0.2) is 59.5 Å². The lowest BCUT2D eigenvalue weighted by Crippen LogP contribution is -2.48. The molecule has 0 bridgehead atoms. The van der Waals surface area contributed by atoms with Crippen LogP contribution in [0.25, 0.3) is 0 Å². The topological polar surface area (TPSA) is 75.7 Å². The molecule has 0 unspecified atom stereocenters. The van der Waals surface area contributed by atoms with Crippen LogP contribution in [0.3, 0.4) is 0 Å². The van der Waals surface area contributed by atoms with Gasteiger partial charge in [-0.2, -0.15) is 13.1 Å². The van der Waals surface area contributed by atoms with Gasteiger partial charge in [-0.1, -0.05) is 30.3 Å². The maximum atomic E-state index is 14.3. The lowest BCUT2D eigenvalue weighted by molar-refractivity contribution is -0.140. The third-order valence-electron chi connectivity index (χ3n) is 4.56. The summed E-state index contributed by atoms with van der Waals surface area (Å²) in [4.78, 5) is 12.1. The number of alkyl halides is 2. The van der Waals surface area contributed by atoms with Gasteiger partial charge in [-0.25, -0.2) is 8.42 Å². The summed E-state index contributed by atoms with van der Waals surface area (Å²) in [6.45, 7) is 4.05. The molecular formula is C20H22F2N2O4S. The first-order chi connectivity index (χ1) is 13.6. The fourth-order valence-corrected chi connectivity index (χ4v) is 4.76. The molecule has 156 valence electrons. The number of nitrogens with zero attached hydrogens (tertiary/aromatic N) is 1. The Balaban J connectivity index is 1.74. The predicted molar refractivity (Wildman–Crippen MR) is 104 cm³/mol. The predicted octanol–water partition coefficient (Wildman–Crippen LogP) is 3.22. The molecule has 0 aromatic heterocycles. The van der Waals surface area contributed by atoms with E-state index in [0.717, 1.165) is 0 Å². The van der Waals surface area contributed by atoms with Crippen molar-refractivity contribution in [1.82, 2.24) is 4.31 Å². The lowest BCUT2D eigenvalue weighted by Gasteiger charge is -2.34. The molecular weight excluding hydrogens is 402 g/mol. The van der Waals surface area contributed by atoms with Crippen molar-refractivity contribution in [3.05, 3.63) is 60.2 Å². The summed E-state index contributed by atoms with van der Waals surface area (Å²) < 4.78 is 61.1. The van der Waals surface area contributed by atoms with E-state index in [2.05, 4.69) is 5.32 Å². The maximum Gasteiger partial charge on any atom is 0.350 e. The first-order valence-electron chi connectivity index (χ1n) is 9.11. The standard InChI is InChI=1S/C20H22F2N2O4S/c1-14-12-24(13-15(2)28-14)29(26,27)18-10-8-17(9-11-18)23-19(25)20(21,22)16-6-4-3-5-7-16/h3-11,14-15H,12-13H2,1-2H3,(H,23,25)/t14-,15-/m0/s1. The van der Waals surface area contributed by atoms with E-state index in [4.69, 9.17) is 4.74 Å². The molecule has 1 saturated heterocycles. The van der Waals surface area contributed by atoms with Gasteiger partial charge in [-0.05, 0) is 38.1 Å². The van der Waals surface area contributed by atoms with E-state index < -0.39 is 27.4 Å². The second-order valence-corrected chi connectivity index (χ2v) is 8.94. The molecule has 9 heteroatoms. The van der Waals surface area contributed by atoms with Gasteiger partial charge in [0.15, 0.2) is 0 Å². The highest BCUT2D eigenvalue weighted by Gasteiger charge is 2.40. The monoisotopic (exact) mass is 424 g/mol. The van der Waals surface area contributed by atoms with Crippen LogP contribution in [0, 0.1) is 0 Å². The largest absolute Gasteiger partial charge is 0.373 e.